The topological polar surface area (TPSA) is 264 Å². The summed E-state index contributed by atoms with van der Waals surface area (Å²) in [6.45, 7) is -1.08. The van der Waals surface area contributed by atoms with Gasteiger partial charge in [-0.2, -0.15) is 8.62 Å². The summed E-state index contributed by atoms with van der Waals surface area (Å²) in [5.41, 5.74) is -2.36. The average molecular weight is 508 g/mol. The van der Waals surface area contributed by atoms with Gasteiger partial charge in [-0.05, 0) is 0 Å². The highest BCUT2D eigenvalue weighted by molar-refractivity contribution is 7.66. The molecule has 2 heterocycles. The normalized spacial score (nSPS) is 27.9. The van der Waals surface area contributed by atoms with Crippen molar-refractivity contribution in [3.05, 3.63) is 32.6 Å². The molecule has 0 amide bonds. The van der Waals surface area contributed by atoms with E-state index in [1.807, 2.05) is 11.0 Å². The molecule has 1 saturated heterocycles. The third-order valence-corrected chi connectivity index (χ3v) is 7.40. The number of hydrogen-bond donors (Lipinski definition) is 7. The van der Waals surface area contributed by atoms with Gasteiger partial charge in [-0.15, -0.1) is 0 Å². The van der Waals surface area contributed by atoms with Crippen LogP contribution in [-0.4, -0.2) is 64.3 Å². The van der Waals surface area contributed by atoms with Crippen LogP contribution in [0.4, 0.5) is 0 Å². The first kappa shape index (κ1) is 25.8. The Morgan fingerprint density at radius 1 is 1.10 bits per heavy atom. The van der Waals surface area contributed by atoms with Crippen molar-refractivity contribution in [2.75, 3.05) is 6.61 Å². The number of hydrogen-bond acceptors (Lipinski definition) is 11. The molecule has 7 N–H and O–H groups in total. The molecule has 0 spiro atoms. The van der Waals surface area contributed by atoms with Crippen molar-refractivity contribution in [1.29, 1.82) is 0 Å². The van der Waals surface area contributed by atoms with Gasteiger partial charge >= 0.3 is 29.2 Å². The van der Waals surface area contributed by atoms with Gasteiger partial charge in [0, 0.05) is 12.2 Å². The zero-order chi connectivity index (χ0) is 23.8. The predicted molar refractivity (Wildman–Crippen MR) is 95.0 cm³/mol. The molecule has 0 radical (unpaired) electrons. The highest BCUT2D eigenvalue weighted by atomic mass is 31.3. The molecular weight excluding hydrogens is 493 g/mol. The average Bonchev–Trinajstić information content (AvgIpc) is 2.85. The number of aliphatic hydroxyl groups excluding tert-OH is 2. The first-order valence-electron chi connectivity index (χ1n) is 7.68. The van der Waals surface area contributed by atoms with Crippen LogP contribution in [0.15, 0.2) is 15.8 Å². The molecule has 31 heavy (non-hydrogen) atoms. The van der Waals surface area contributed by atoms with Crippen molar-refractivity contribution in [2.45, 2.75) is 24.4 Å². The molecule has 174 valence electrons. The molecule has 0 saturated carbocycles. The lowest BCUT2D eigenvalue weighted by Gasteiger charge is -2.19. The monoisotopic (exact) mass is 508 g/mol. The molecule has 4 unspecified atom stereocenters. The van der Waals surface area contributed by atoms with E-state index in [9.17, 15) is 38.4 Å². The maximum absolute atomic E-state index is 12.0. The number of terminal acetylenes is 1. The molecule has 1 aromatic heterocycles. The van der Waals surface area contributed by atoms with Crippen LogP contribution >= 0.6 is 23.5 Å². The fraction of sp³-hybridized carbons (Fsp3) is 0.455. The highest BCUT2D eigenvalue weighted by Gasteiger charge is 2.47. The number of ether oxygens (including phenoxy) is 1. The minimum atomic E-state index is -5.76. The summed E-state index contributed by atoms with van der Waals surface area (Å²) in [6.07, 6.45) is -0.889. The number of aromatic nitrogens is 2. The lowest BCUT2D eigenvalue weighted by atomic mass is 10.0. The molecule has 20 heteroatoms. The summed E-state index contributed by atoms with van der Waals surface area (Å²) in [4.78, 5) is 60.7. The molecule has 0 bridgehead atoms. The molecule has 1 aliphatic heterocycles. The van der Waals surface area contributed by atoms with E-state index in [2.05, 4.69) is 13.1 Å². The van der Waals surface area contributed by atoms with Crippen molar-refractivity contribution in [3.8, 4) is 12.5 Å². The Hall–Kier alpha value is -1.47. The standard InChI is InChI=1S/C11H15N2O15P3/c1-2-13-3-5(10(16)12-11(13)17)9-8(15)7(14)6(26-9)4-25-30(21,22)28-31(23,24)27-29(18,19)20/h1,3,6-9,14-15H,4H2,(H,21,22)(H,23,24)(H,12,16,17)(H2,18,19,20)/t6-,7?,8?,9+/m1/s1. The fourth-order valence-electron chi connectivity index (χ4n) is 2.40. The van der Waals surface area contributed by atoms with Gasteiger partial charge < -0.3 is 34.5 Å². The molecule has 0 aliphatic carbocycles. The van der Waals surface area contributed by atoms with Crippen molar-refractivity contribution in [3.63, 3.8) is 0 Å². The second-order valence-electron chi connectivity index (χ2n) is 5.81. The third kappa shape index (κ3) is 6.75. The Bertz CT molecular complexity index is 1130. The summed E-state index contributed by atoms with van der Waals surface area (Å²) in [5, 5.41) is 20.1. The molecule has 1 aliphatic rings. The van der Waals surface area contributed by atoms with Gasteiger partial charge in [-0.3, -0.25) is 14.3 Å². The number of phosphoric ester groups is 1. The highest BCUT2D eigenvalue weighted by Crippen LogP contribution is 2.66. The van der Waals surface area contributed by atoms with Crippen molar-refractivity contribution in [2.24, 2.45) is 0 Å². The number of nitrogens with zero attached hydrogens (tertiary/aromatic N) is 1. The van der Waals surface area contributed by atoms with Gasteiger partial charge in [0.1, 0.15) is 24.4 Å². The smallest absolute Gasteiger partial charge is 0.387 e. The fourth-order valence-corrected chi connectivity index (χ4v) is 5.43. The lowest BCUT2D eigenvalue weighted by Crippen LogP contribution is -2.35. The zero-order valence-corrected chi connectivity index (χ0v) is 17.5. The van der Waals surface area contributed by atoms with E-state index in [4.69, 9.17) is 25.8 Å². The maximum Gasteiger partial charge on any atom is 0.490 e. The number of H-pyrrole nitrogens is 1. The number of nitrogens with one attached hydrogen (secondary N) is 1. The summed E-state index contributed by atoms with van der Waals surface area (Å²) >= 11 is 0. The van der Waals surface area contributed by atoms with E-state index in [1.54, 1.807) is 0 Å². The number of aliphatic hydroxyl groups is 2. The van der Waals surface area contributed by atoms with Crippen LogP contribution in [0.25, 0.3) is 0 Å². The maximum atomic E-state index is 12.0. The van der Waals surface area contributed by atoms with Gasteiger partial charge in [0.25, 0.3) is 5.56 Å². The molecule has 1 fully saturated rings. The Morgan fingerprint density at radius 2 is 1.71 bits per heavy atom. The van der Waals surface area contributed by atoms with Crippen LogP contribution in [0.5, 0.6) is 0 Å². The van der Waals surface area contributed by atoms with E-state index in [1.165, 1.54) is 0 Å². The minimum Gasteiger partial charge on any atom is -0.387 e. The van der Waals surface area contributed by atoms with Crippen molar-refractivity contribution >= 4 is 23.5 Å². The summed E-state index contributed by atoms with van der Waals surface area (Å²) in [5.74, 6) is 0. The summed E-state index contributed by atoms with van der Waals surface area (Å²) in [7, 11) is -16.9. The van der Waals surface area contributed by atoms with Crippen molar-refractivity contribution < 1.29 is 61.4 Å². The molecule has 17 nitrogen and oxygen atoms in total. The second-order valence-corrected chi connectivity index (χ2v) is 10.2. The largest absolute Gasteiger partial charge is 0.490 e. The van der Waals surface area contributed by atoms with Gasteiger partial charge in [0.2, 0.25) is 0 Å². The quantitative estimate of drug-likeness (QED) is 0.141. The van der Waals surface area contributed by atoms with Crippen LogP contribution in [-0.2, 0) is 31.6 Å². The molecule has 1 aromatic rings. The van der Waals surface area contributed by atoms with Crippen LogP contribution in [0.2, 0.25) is 0 Å². The molecule has 0 aromatic carbocycles. The van der Waals surface area contributed by atoms with Gasteiger partial charge in [0.15, 0.2) is 0 Å². The van der Waals surface area contributed by atoms with E-state index < -0.39 is 65.7 Å². The Morgan fingerprint density at radius 3 is 2.26 bits per heavy atom. The Balaban J connectivity index is 2.13. The lowest BCUT2D eigenvalue weighted by molar-refractivity contribution is -0.0228. The van der Waals surface area contributed by atoms with Crippen LogP contribution < -0.4 is 11.2 Å². The summed E-state index contributed by atoms with van der Waals surface area (Å²) < 4.78 is 50.7. The van der Waals surface area contributed by atoms with E-state index >= 15 is 0 Å². The Kier molecular flexibility index (Phi) is 7.64. The Labute approximate surface area is 171 Å². The zero-order valence-electron chi connectivity index (χ0n) is 14.8. The van der Waals surface area contributed by atoms with Crippen LogP contribution in [0.3, 0.4) is 0 Å². The van der Waals surface area contributed by atoms with Gasteiger partial charge in [-0.1, -0.05) is 6.42 Å². The van der Waals surface area contributed by atoms with Gasteiger partial charge in [-0.25, -0.2) is 23.1 Å². The first-order chi connectivity index (χ1) is 14.1. The first-order valence-corrected chi connectivity index (χ1v) is 12.2. The SMILES string of the molecule is C#Cn1cc([C@@H]2O[C@H](COP(=O)(O)OP(=O)(O)OP(=O)(O)O)C(O)C2O)c(=O)[nH]c1=O. The number of rotatable bonds is 8. The predicted octanol–water partition coefficient (Wildman–Crippen LogP) is -2.52. The molecular formula is C11H15N2O15P3. The van der Waals surface area contributed by atoms with E-state index in [0.29, 0.717) is 4.57 Å². The molecule has 6 atom stereocenters. The molecule has 2 rings (SSSR count). The second kappa shape index (κ2) is 9.18. The van der Waals surface area contributed by atoms with Crippen LogP contribution in [0.1, 0.15) is 11.7 Å². The number of phosphoric acid groups is 3. The van der Waals surface area contributed by atoms with Crippen LogP contribution in [0, 0.1) is 12.5 Å². The third-order valence-electron chi connectivity index (χ3n) is 3.60. The van der Waals surface area contributed by atoms with Gasteiger partial charge in [0.05, 0.1) is 12.2 Å². The van der Waals surface area contributed by atoms with E-state index in [0.717, 1.165) is 6.20 Å². The van der Waals surface area contributed by atoms with Crippen molar-refractivity contribution in [1.82, 2.24) is 9.55 Å². The summed E-state index contributed by atoms with van der Waals surface area (Å²) in [6, 6.07) is 1.91. The number of aromatic amines is 1. The van der Waals surface area contributed by atoms with E-state index in [-0.39, 0.29) is 5.56 Å². The minimum absolute atomic E-state index is 0.384.